The third kappa shape index (κ3) is 2.50. The first-order valence-corrected chi connectivity index (χ1v) is 4.80. The van der Waals surface area contributed by atoms with E-state index in [1.807, 2.05) is 0 Å². The summed E-state index contributed by atoms with van der Waals surface area (Å²) in [6.45, 7) is -0.422. The normalized spacial score (nSPS) is 11.6. The van der Waals surface area contributed by atoms with Crippen LogP contribution in [-0.4, -0.2) is 4.92 Å². The molecule has 1 aromatic rings. The van der Waals surface area contributed by atoms with Gasteiger partial charge in [-0.25, -0.2) is 0 Å². The van der Waals surface area contributed by atoms with Gasteiger partial charge in [0.2, 0.25) is 0 Å². The molecule has 1 aromatic carbocycles. The number of rotatable bonds is 2. The molecule has 0 aliphatic heterocycles. The zero-order valence-electron chi connectivity index (χ0n) is 7.71. The summed E-state index contributed by atoms with van der Waals surface area (Å²) >= 11 is 2.66. The van der Waals surface area contributed by atoms with Gasteiger partial charge in [-0.05, 0) is 21.5 Å². The topological polar surface area (TPSA) is 69.2 Å². The average Bonchev–Trinajstić information content (AvgIpc) is 2.14. The van der Waals surface area contributed by atoms with Crippen molar-refractivity contribution in [3.63, 3.8) is 0 Å². The van der Waals surface area contributed by atoms with Gasteiger partial charge >= 0.3 is 6.18 Å². The van der Waals surface area contributed by atoms with Crippen LogP contribution in [0, 0.1) is 10.1 Å². The minimum Gasteiger partial charge on any atom is -0.326 e. The molecule has 0 amide bonds. The molecule has 0 aromatic heterocycles. The summed E-state index contributed by atoms with van der Waals surface area (Å²) < 4.78 is 37.3. The monoisotopic (exact) mass is 298 g/mol. The molecule has 0 unspecified atom stereocenters. The van der Waals surface area contributed by atoms with E-state index in [-0.39, 0.29) is 10.0 Å². The quantitative estimate of drug-likeness (QED) is 0.674. The van der Waals surface area contributed by atoms with Crippen molar-refractivity contribution in [2.24, 2.45) is 5.73 Å². The van der Waals surface area contributed by atoms with E-state index in [9.17, 15) is 23.3 Å². The van der Waals surface area contributed by atoms with Crippen molar-refractivity contribution >= 4 is 21.6 Å². The molecule has 88 valence electrons. The fourth-order valence-electron chi connectivity index (χ4n) is 1.23. The summed E-state index contributed by atoms with van der Waals surface area (Å²) in [5.74, 6) is 0. The van der Waals surface area contributed by atoms with Gasteiger partial charge in [0.05, 0.1) is 10.5 Å². The van der Waals surface area contributed by atoms with Gasteiger partial charge in [-0.2, -0.15) is 13.2 Å². The van der Waals surface area contributed by atoms with Crippen LogP contribution < -0.4 is 5.73 Å². The van der Waals surface area contributed by atoms with E-state index in [2.05, 4.69) is 15.9 Å². The lowest BCUT2D eigenvalue weighted by atomic mass is 10.1. The lowest BCUT2D eigenvalue weighted by Crippen LogP contribution is -2.13. The first-order valence-electron chi connectivity index (χ1n) is 4.01. The maximum absolute atomic E-state index is 12.6. The number of non-ortho nitro benzene ring substituents is 1. The van der Waals surface area contributed by atoms with Gasteiger partial charge < -0.3 is 5.73 Å². The maximum atomic E-state index is 12.6. The largest absolute Gasteiger partial charge is 0.417 e. The van der Waals surface area contributed by atoms with Crippen LogP contribution in [0.5, 0.6) is 0 Å². The van der Waals surface area contributed by atoms with Crippen LogP contribution in [0.15, 0.2) is 16.6 Å². The minimum absolute atomic E-state index is 0.312. The molecule has 4 nitrogen and oxygen atoms in total. The van der Waals surface area contributed by atoms with Gasteiger partial charge in [0, 0.05) is 23.2 Å². The van der Waals surface area contributed by atoms with Gasteiger partial charge in [0.1, 0.15) is 0 Å². The molecular weight excluding hydrogens is 293 g/mol. The Kier molecular flexibility index (Phi) is 3.54. The van der Waals surface area contributed by atoms with Gasteiger partial charge in [-0.15, -0.1) is 0 Å². The van der Waals surface area contributed by atoms with Gasteiger partial charge in [-0.3, -0.25) is 10.1 Å². The highest BCUT2D eigenvalue weighted by atomic mass is 79.9. The third-order valence-corrected chi connectivity index (χ3v) is 2.50. The molecule has 0 atom stereocenters. The number of alkyl halides is 3. The Hall–Kier alpha value is -1.15. The smallest absolute Gasteiger partial charge is 0.326 e. The SMILES string of the molecule is NCc1cc([N+](=O)[O-])cc(Br)c1C(F)(F)F. The molecule has 0 saturated heterocycles. The number of hydrogen-bond donors (Lipinski definition) is 1. The lowest BCUT2D eigenvalue weighted by molar-refractivity contribution is -0.385. The van der Waals surface area contributed by atoms with Gasteiger partial charge in [0.25, 0.3) is 5.69 Å². The Bertz CT molecular complexity index is 434. The summed E-state index contributed by atoms with van der Waals surface area (Å²) in [6.07, 6.45) is -4.59. The van der Waals surface area contributed by atoms with Crippen molar-refractivity contribution in [3.05, 3.63) is 37.8 Å². The second-order valence-corrected chi connectivity index (χ2v) is 3.78. The number of halogens is 4. The zero-order valence-corrected chi connectivity index (χ0v) is 9.30. The summed E-state index contributed by atoms with van der Waals surface area (Å²) in [5, 5.41) is 10.4. The van der Waals surface area contributed by atoms with Crippen LogP contribution in [0.25, 0.3) is 0 Å². The second kappa shape index (κ2) is 4.38. The Balaban J connectivity index is 3.46. The van der Waals surface area contributed by atoms with Crippen LogP contribution >= 0.6 is 15.9 Å². The molecular formula is C8H6BrF3N2O2. The highest BCUT2D eigenvalue weighted by Gasteiger charge is 2.36. The molecule has 1 rings (SSSR count). The van der Waals surface area contributed by atoms with Crippen molar-refractivity contribution in [3.8, 4) is 0 Å². The van der Waals surface area contributed by atoms with E-state index in [0.717, 1.165) is 12.1 Å². The van der Waals surface area contributed by atoms with Crippen molar-refractivity contribution < 1.29 is 18.1 Å². The number of nitrogens with two attached hydrogens (primary N) is 1. The Morgan fingerprint density at radius 2 is 2.00 bits per heavy atom. The standard InChI is InChI=1S/C8H6BrF3N2O2/c9-6-2-5(14(15)16)1-4(3-13)7(6)8(10,11)12/h1-2H,3,13H2. The van der Waals surface area contributed by atoms with Crippen LogP contribution in [0.1, 0.15) is 11.1 Å². The predicted octanol–water partition coefficient (Wildman–Crippen LogP) is 2.83. The minimum atomic E-state index is -4.59. The molecule has 0 aliphatic carbocycles. The van der Waals surface area contributed by atoms with Crippen LogP contribution in [0.3, 0.4) is 0 Å². The Morgan fingerprint density at radius 1 is 1.44 bits per heavy atom. The number of nitrogens with zero attached hydrogens (tertiary/aromatic N) is 1. The first kappa shape index (κ1) is 12.9. The number of nitro groups is 1. The molecule has 0 saturated carbocycles. The number of hydrogen-bond acceptors (Lipinski definition) is 3. The second-order valence-electron chi connectivity index (χ2n) is 2.92. The summed E-state index contributed by atoms with van der Waals surface area (Å²) in [7, 11) is 0. The molecule has 0 aliphatic rings. The van der Waals surface area contributed by atoms with Crippen molar-refractivity contribution in [1.82, 2.24) is 0 Å². The molecule has 0 heterocycles. The summed E-state index contributed by atoms with van der Waals surface area (Å²) in [6, 6.07) is 1.63. The van der Waals surface area contributed by atoms with Crippen LogP contribution in [0.2, 0.25) is 0 Å². The van der Waals surface area contributed by atoms with Crippen LogP contribution in [0.4, 0.5) is 18.9 Å². The Labute approximate surface area is 96.5 Å². The van der Waals surface area contributed by atoms with E-state index in [0.29, 0.717) is 0 Å². The molecule has 0 fully saturated rings. The first-order chi connectivity index (χ1) is 7.27. The molecule has 0 radical (unpaired) electrons. The van der Waals surface area contributed by atoms with E-state index in [1.165, 1.54) is 0 Å². The molecule has 2 N–H and O–H groups in total. The number of nitro benzene ring substituents is 1. The molecule has 16 heavy (non-hydrogen) atoms. The summed E-state index contributed by atoms with van der Waals surface area (Å²) in [5.41, 5.74) is 3.43. The molecule has 0 spiro atoms. The molecule has 0 bridgehead atoms. The van der Waals surface area contributed by atoms with E-state index in [4.69, 9.17) is 5.73 Å². The lowest BCUT2D eigenvalue weighted by Gasteiger charge is -2.13. The van der Waals surface area contributed by atoms with E-state index < -0.39 is 28.9 Å². The fraction of sp³-hybridized carbons (Fsp3) is 0.250. The van der Waals surface area contributed by atoms with E-state index >= 15 is 0 Å². The molecule has 8 heteroatoms. The van der Waals surface area contributed by atoms with E-state index in [1.54, 1.807) is 0 Å². The fourth-order valence-corrected chi connectivity index (χ4v) is 1.95. The van der Waals surface area contributed by atoms with Crippen molar-refractivity contribution in [1.29, 1.82) is 0 Å². The Morgan fingerprint density at radius 3 is 2.38 bits per heavy atom. The average molecular weight is 299 g/mol. The third-order valence-electron chi connectivity index (χ3n) is 1.87. The van der Waals surface area contributed by atoms with Gasteiger partial charge in [-0.1, -0.05) is 0 Å². The number of benzene rings is 1. The van der Waals surface area contributed by atoms with Crippen molar-refractivity contribution in [2.75, 3.05) is 0 Å². The predicted molar refractivity (Wildman–Crippen MR) is 53.7 cm³/mol. The maximum Gasteiger partial charge on any atom is 0.417 e. The highest BCUT2D eigenvalue weighted by Crippen LogP contribution is 2.39. The van der Waals surface area contributed by atoms with Crippen molar-refractivity contribution in [2.45, 2.75) is 12.7 Å². The summed E-state index contributed by atoms with van der Waals surface area (Å²) in [4.78, 5) is 9.67. The van der Waals surface area contributed by atoms with Crippen LogP contribution in [-0.2, 0) is 12.7 Å². The van der Waals surface area contributed by atoms with Gasteiger partial charge in [0.15, 0.2) is 0 Å². The highest BCUT2D eigenvalue weighted by molar-refractivity contribution is 9.10. The zero-order chi connectivity index (χ0) is 12.5.